The van der Waals surface area contributed by atoms with Gasteiger partial charge in [0.15, 0.2) is 0 Å². The summed E-state index contributed by atoms with van der Waals surface area (Å²) in [5, 5.41) is -0.140. The van der Waals surface area contributed by atoms with Crippen molar-refractivity contribution in [3.05, 3.63) is 29.8 Å². The van der Waals surface area contributed by atoms with Crippen LogP contribution in [0.15, 0.2) is 24.3 Å². The van der Waals surface area contributed by atoms with Crippen molar-refractivity contribution in [3.63, 3.8) is 0 Å². The van der Waals surface area contributed by atoms with Crippen LogP contribution >= 0.6 is 0 Å². The summed E-state index contributed by atoms with van der Waals surface area (Å²) in [7, 11) is -3.04. The Balaban J connectivity index is 1.81. The highest BCUT2D eigenvalue weighted by Gasteiger charge is 2.35. The highest BCUT2D eigenvalue weighted by atomic mass is 32.2. The van der Waals surface area contributed by atoms with Gasteiger partial charge in [-0.25, -0.2) is 13.1 Å². The predicted molar refractivity (Wildman–Crippen MR) is 64.5 cm³/mol. The average molecular weight is 240 g/mol. The number of hydrogen-bond donors (Lipinski definition) is 2. The molecule has 1 aliphatic rings. The zero-order valence-electron chi connectivity index (χ0n) is 9.02. The first-order valence-electron chi connectivity index (χ1n) is 5.41. The second-order valence-electron chi connectivity index (χ2n) is 4.13. The van der Waals surface area contributed by atoms with Crippen LogP contribution in [0.25, 0.3) is 0 Å². The summed E-state index contributed by atoms with van der Waals surface area (Å²) in [6.45, 7) is 0.461. The first-order valence-corrected chi connectivity index (χ1v) is 6.95. The van der Waals surface area contributed by atoms with Crippen LogP contribution < -0.4 is 10.5 Å². The Bertz CT molecular complexity index is 449. The van der Waals surface area contributed by atoms with Gasteiger partial charge >= 0.3 is 0 Å². The molecule has 0 bridgehead atoms. The molecular weight excluding hydrogens is 224 g/mol. The van der Waals surface area contributed by atoms with Crippen LogP contribution in [0.1, 0.15) is 18.4 Å². The molecule has 1 aromatic carbocycles. The third-order valence-corrected chi connectivity index (χ3v) is 4.62. The van der Waals surface area contributed by atoms with Gasteiger partial charge in [0, 0.05) is 12.2 Å². The van der Waals surface area contributed by atoms with E-state index < -0.39 is 10.0 Å². The van der Waals surface area contributed by atoms with Gasteiger partial charge in [-0.2, -0.15) is 0 Å². The Morgan fingerprint density at radius 1 is 1.25 bits per heavy atom. The van der Waals surface area contributed by atoms with Gasteiger partial charge in [-0.15, -0.1) is 0 Å². The number of rotatable bonds is 5. The molecule has 5 heteroatoms. The lowest BCUT2D eigenvalue weighted by Crippen LogP contribution is -2.29. The molecule has 16 heavy (non-hydrogen) atoms. The van der Waals surface area contributed by atoms with Crippen molar-refractivity contribution in [2.24, 2.45) is 0 Å². The second kappa shape index (κ2) is 4.43. The molecule has 0 aliphatic heterocycles. The van der Waals surface area contributed by atoms with Crippen molar-refractivity contribution in [1.82, 2.24) is 4.72 Å². The molecule has 0 heterocycles. The van der Waals surface area contributed by atoms with E-state index in [4.69, 9.17) is 5.73 Å². The van der Waals surface area contributed by atoms with Gasteiger partial charge in [-0.1, -0.05) is 12.1 Å². The third kappa shape index (κ3) is 2.96. The molecular formula is C11H16N2O2S. The van der Waals surface area contributed by atoms with Crippen molar-refractivity contribution in [3.8, 4) is 0 Å². The monoisotopic (exact) mass is 240 g/mol. The lowest BCUT2D eigenvalue weighted by molar-refractivity contribution is 0.580. The van der Waals surface area contributed by atoms with E-state index in [1.54, 1.807) is 0 Å². The molecule has 88 valence electrons. The predicted octanol–water partition coefficient (Wildman–Crippen LogP) is 0.893. The van der Waals surface area contributed by atoms with Gasteiger partial charge in [-0.05, 0) is 37.0 Å². The number of hydrogen-bond acceptors (Lipinski definition) is 3. The van der Waals surface area contributed by atoms with Gasteiger partial charge in [0.2, 0.25) is 10.0 Å². The van der Waals surface area contributed by atoms with Crippen LogP contribution in [0.3, 0.4) is 0 Å². The average Bonchev–Trinajstić information content (AvgIpc) is 3.04. The van der Waals surface area contributed by atoms with Crippen molar-refractivity contribution in [2.75, 3.05) is 12.3 Å². The Morgan fingerprint density at radius 3 is 2.44 bits per heavy atom. The van der Waals surface area contributed by atoms with Gasteiger partial charge in [0.25, 0.3) is 0 Å². The normalized spacial score (nSPS) is 16.2. The van der Waals surface area contributed by atoms with Crippen LogP contribution in [0.5, 0.6) is 0 Å². The van der Waals surface area contributed by atoms with Crippen molar-refractivity contribution in [2.45, 2.75) is 24.5 Å². The molecule has 0 radical (unpaired) electrons. The SMILES string of the molecule is Nc1ccc(CCNS(=O)(=O)C2CC2)cc1. The third-order valence-electron chi connectivity index (χ3n) is 2.66. The summed E-state index contributed by atoms with van der Waals surface area (Å²) >= 11 is 0. The Kier molecular flexibility index (Phi) is 3.16. The molecule has 1 fully saturated rings. The lowest BCUT2D eigenvalue weighted by Gasteiger charge is -2.05. The summed E-state index contributed by atoms with van der Waals surface area (Å²) in [6, 6.07) is 7.48. The summed E-state index contributed by atoms with van der Waals surface area (Å²) in [6.07, 6.45) is 2.31. The molecule has 4 nitrogen and oxygen atoms in total. The molecule has 1 aromatic rings. The summed E-state index contributed by atoms with van der Waals surface area (Å²) in [5.74, 6) is 0. The van der Waals surface area contributed by atoms with E-state index in [0.29, 0.717) is 13.0 Å². The quantitative estimate of drug-likeness (QED) is 0.751. The molecule has 0 amide bonds. The van der Waals surface area contributed by atoms with E-state index in [-0.39, 0.29) is 5.25 Å². The van der Waals surface area contributed by atoms with Crippen molar-refractivity contribution in [1.29, 1.82) is 0 Å². The lowest BCUT2D eigenvalue weighted by atomic mass is 10.1. The highest BCUT2D eigenvalue weighted by molar-refractivity contribution is 7.90. The minimum absolute atomic E-state index is 0.140. The fraction of sp³-hybridized carbons (Fsp3) is 0.455. The van der Waals surface area contributed by atoms with Gasteiger partial charge in [0.1, 0.15) is 0 Å². The van der Waals surface area contributed by atoms with E-state index in [1.165, 1.54) is 0 Å². The number of nitrogen functional groups attached to an aromatic ring is 1. The maximum atomic E-state index is 11.5. The number of benzene rings is 1. The fourth-order valence-electron chi connectivity index (χ4n) is 1.52. The molecule has 3 N–H and O–H groups in total. The molecule has 0 aromatic heterocycles. The first-order chi connectivity index (χ1) is 7.58. The van der Waals surface area contributed by atoms with Crippen LogP contribution in [0.2, 0.25) is 0 Å². The van der Waals surface area contributed by atoms with Crippen LogP contribution in [-0.2, 0) is 16.4 Å². The van der Waals surface area contributed by atoms with Gasteiger partial charge < -0.3 is 5.73 Å². The molecule has 0 atom stereocenters. The number of anilines is 1. The highest BCUT2D eigenvalue weighted by Crippen LogP contribution is 2.27. The molecule has 1 aliphatic carbocycles. The second-order valence-corrected chi connectivity index (χ2v) is 6.18. The topological polar surface area (TPSA) is 72.2 Å². The summed E-state index contributed by atoms with van der Waals surface area (Å²) < 4.78 is 25.6. The minimum atomic E-state index is -3.04. The molecule has 1 saturated carbocycles. The number of sulfonamides is 1. The smallest absolute Gasteiger partial charge is 0.214 e. The molecule has 0 spiro atoms. The van der Waals surface area contributed by atoms with Crippen molar-refractivity contribution >= 4 is 15.7 Å². The Hall–Kier alpha value is -1.07. The molecule has 0 saturated heterocycles. The fourth-order valence-corrected chi connectivity index (χ4v) is 2.90. The zero-order valence-corrected chi connectivity index (χ0v) is 9.83. The van der Waals surface area contributed by atoms with Crippen molar-refractivity contribution < 1.29 is 8.42 Å². The van der Waals surface area contributed by atoms with E-state index in [1.807, 2.05) is 24.3 Å². The van der Waals surface area contributed by atoms with Crippen LogP contribution in [0, 0.1) is 0 Å². The standard InChI is InChI=1S/C11H16N2O2S/c12-10-3-1-9(2-4-10)7-8-13-16(14,15)11-5-6-11/h1-4,11,13H,5-8,12H2. The summed E-state index contributed by atoms with van der Waals surface area (Å²) in [5.41, 5.74) is 7.38. The van der Waals surface area contributed by atoms with E-state index in [0.717, 1.165) is 24.1 Å². The number of nitrogens with one attached hydrogen (secondary N) is 1. The Labute approximate surface area is 95.9 Å². The molecule has 0 unspecified atom stereocenters. The first kappa shape index (κ1) is 11.4. The maximum Gasteiger partial charge on any atom is 0.214 e. The molecule has 2 rings (SSSR count). The van der Waals surface area contributed by atoms with E-state index in [9.17, 15) is 8.42 Å². The largest absolute Gasteiger partial charge is 0.399 e. The van der Waals surface area contributed by atoms with Gasteiger partial charge in [0.05, 0.1) is 5.25 Å². The summed E-state index contributed by atoms with van der Waals surface area (Å²) in [4.78, 5) is 0. The zero-order chi connectivity index (χ0) is 11.6. The van der Waals surface area contributed by atoms with E-state index in [2.05, 4.69) is 4.72 Å². The van der Waals surface area contributed by atoms with E-state index >= 15 is 0 Å². The van der Waals surface area contributed by atoms with Gasteiger partial charge in [-0.3, -0.25) is 0 Å². The minimum Gasteiger partial charge on any atom is -0.399 e. The Morgan fingerprint density at radius 2 is 1.88 bits per heavy atom. The maximum absolute atomic E-state index is 11.5. The number of nitrogens with two attached hydrogens (primary N) is 1. The van der Waals surface area contributed by atoms with Crippen LogP contribution in [0.4, 0.5) is 5.69 Å². The van der Waals surface area contributed by atoms with Crippen LogP contribution in [-0.4, -0.2) is 20.2 Å².